The van der Waals surface area contributed by atoms with Gasteiger partial charge in [-0.25, -0.2) is 4.39 Å². The molecule has 1 heterocycles. The molecule has 0 unspecified atom stereocenters. The predicted octanol–water partition coefficient (Wildman–Crippen LogP) is 1.58. The van der Waals surface area contributed by atoms with Crippen LogP contribution in [0.5, 0.6) is 0 Å². The van der Waals surface area contributed by atoms with Crippen LogP contribution in [0.1, 0.15) is 31.4 Å². The average Bonchev–Trinajstić information content (AvgIpc) is 3.02. The summed E-state index contributed by atoms with van der Waals surface area (Å²) >= 11 is 0. The van der Waals surface area contributed by atoms with Crippen LogP contribution in [0.25, 0.3) is 0 Å². The highest BCUT2D eigenvalue weighted by Crippen LogP contribution is 2.62. The van der Waals surface area contributed by atoms with Gasteiger partial charge in [-0.15, -0.1) is 0 Å². The molecular weight excluding hydrogens is 181 g/mol. The Labute approximate surface area is 82.1 Å². The number of rotatable bonds is 2. The summed E-state index contributed by atoms with van der Waals surface area (Å²) in [4.78, 5) is 0. The van der Waals surface area contributed by atoms with Crippen LogP contribution in [-0.4, -0.2) is 9.78 Å². The predicted molar refractivity (Wildman–Crippen MR) is 51.2 cm³/mol. The van der Waals surface area contributed by atoms with E-state index in [1.165, 1.54) is 17.5 Å². The van der Waals surface area contributed by atoms with Crippen molar-refractivity contribution in [3.63, 3.8) is 0 Å². The highest BCUT2D eigenvalue weighted by Gasteiger charge is 2.58. The van der Waals surface area contributed by atoms with Gasteiger partial charge in [0, 0.05) is 12.5 Å². The van der Waals surface area contributed by atoms with Gasteiger partial charge in [0.25, 0.3) is 0 Å². The van der Waals surface area contributed by atoms with Crippen molar-refractivity contribution >= 4 is 5.82 Å². The molecule has 0 bridgehead atoms. The van der Waals surface area contributed by atoms with Crippen LogP contribution in [0.15, 0.2) is 0 Å². The molecule has 0 radical (unpaired) electrons. The Kier molecular flexibility index (Phi) is 1.36. The van der Waals surface area contributed by atoms with Gasteiger partial charge in [-0.05, 0) is 31.6 Å². The SMILES string of the molecule is Cn1nc(C2(C3CC3)CC2)c(F)c1N. The molecule has 0 saturated heterocycles. The summed E-state index contributed by atoms with van der Waals surface area (Å²) in [6.45, 7) is 0. The van der Waals surface area contributed by atoms with Crippen LogP contribution < -0.4 is 5.73 Å². The van der Waals surface area contributed by atoms with E-state index in [9.17, 15) is 4.39 Å². The van der Waals surface area contributed by atoms with Gasteiger partial charge in [0.15, 0.2) is 11.6 Å². The Morgan fingerprint density at radius 1 is 1.50 bits per heavy atom. The molecule has 0 aromatic carbocycles. The molecule has 2 aliphatic carbocycles. The Hall–Kier alpha value is -1.06. The molecule has 0 spiro atoms. The van der Waals surface area contributed by atoms with E-state index in [0.717, 1.165) is 12.8 Å². The van der Waals surface area contributed by atoms with Crippen molar-refractivity contribution in [1.82, 2.24) is 9.78 Å². The second-order valence-electron chi connectivity index (χ2n) is 4.60. The molecule has 0 atom stereocenters. The maximum Gasteiger partial charge on any atom is 0.188 e. The molecule has 1 aromatic heterocycles. The number of hydrogen-bond donors (Lipinski definition) is 1. The number of aromatic nitrogens is 2. The van der Waals surface area contributed by atoms with Gasteiger partial charge in [-0.2, -0.15) is 5.10 Å². The van der Waals surface area contributed by atoms with Crippen molar-refractivity contribution in [2.24, 2.45) is 13.0 Å². The van der Waals surface area contributed by atoms with Gasteiger partial charge in [0.2, 0.25) is 0 Å². The van der Waals surface area contributed by atoms with E-state index in [4.69, 9.17) is 5.73 Å². The minimum atomic E-state index is -0.281. The average molecular weight is 195 g/mol. The summed E-state index contributed by atoms with van der Waals surface area (Å²) in [5.74, 6) is 0.565. The summed E-state index contributed by atoms with van der Waals surface area (Å²) in [6, 6.07) is 0. The van der Waals surface area contributed by atoms with Gasteiger partial charge >= 0.3 is 0 Å². The molecule has 76 valence electrons. The number of nitrogen functional groups attached to an aromatic ring is 1. The van der Waals surface area contributed by atoms with Crippen molar-refractivity contribution in [3.05, 3.63) is 11.5 Å². The molecule has 0 amide bonds. The molecular formula is C10H14FN3. The number of halogens is 1. The van der Waals surface area contributed by atoms with Crippen molar-refractivity contribution in [2.75, 3.05) is 5.73 Å². The topological polar surface area (TPSA) is 43.8 Å². The molecule has 2 aliphatic rings. The lowest BCUT2D eigenvalue weighted by Gasteiger charge is -2.09. The molecule has 3 rings (SSSR count). The van der Waals surface area contributed by atoms with Gasteiger partial charge in [-0.1, -0.05) is 0 Å². The summed E-state index contributed by atoms with van der Waals surface area (Å²) < 4.78 is 15.2. The molecule has 3 nitrogen and oxygen atoms in total. The van der Waals surface area contributed by atoms with Crippen LogP contribution in [-0.2, 0) is 12.5 Å². The van der Waals surface area contributed by atoms with Crippen molar-refractivity contribution in [3.8, 4) is 0 Å². The van der Waals surface area contributed by atoms with E-state index in [-0.39, 0.29) is 17.1 Å². The Bertz CT molecular complexity index is 388. The highest BCUT2D eigenvalue weighted by atomic mass is 19.1. The maximum absolute atomic E-state index is 13.7. The van der Waals surface area contributed by atoms with Crippen LogP contribution in [0.2, 0.25) is 0 Å². The number of aryl methyl sites for hydroxylation is 1. The largest absolute Gasteiger partial charge is 0.381 e. The first-order valence-electron chi connectivity index (χ1n) is 5.13. The first-order chi connectivity index (χ1) is 6.65. The lowest BCUT2D eigenvalue weighted by atomic mass is 9.96. The molecule has 4 heteroatoms. The zero-order chi connectivity index (χ0) is 9.92. The second-order valence-corrected chi connectivity index (χ2v) is 4.60. The minimum absolute atomic E-state index is 0.0689. The summed E-state index contributed by atoms with van der Waals surface area (Å²) in [5.41, 5.74) is 6.27. The molecule has 2 N–H and O–H groups in total. The van der Waals surface area contributed by atoms with E-state index in [0.29, 0.717) is 11.6 Å². The van der Waals surface area contributed by atoms with E-state index < -0.39 is 0 Å². The lowest BCUT2D eigenvalue weighted by Crippen LogP contribution is -2.12. The summed E-state index contributed by atoms with van der Waals surface area (Å²) in [6.07, 6.45) is 4.64. The Balaban J connectivity index is 2.07. The fourth-order valence-corrected chi connectivity index (χ4v) is 2.44. The summed E-state index contributed by atoms with van der Waals surface area (Å²) in [7, 11) is 1.70. The standard InChI is InChI=1S/C10H14FN3/c1-14-9(12)7(11)8(13-14)10(4-5-10)6-2-3-6/h6H,2-5,12H2,1H3. The monoisotopic (exact) mass is 195 g/mol. The fraction of sp³-hybridized carbons (Fsp3) is 0.700. The van der Waals surface area contributed by atoms with Crippen molar-refractivity contribution < 1.29 is 4.39 Å². The molecule has 2 saturated carbocycles. The molecule has 14 heavy (non-hydrogen) atoms. The van der Waals surface area contributed by atoms with Crippen molar-refractivity contribution in [1.29, 1.82) is 0 Å². The third-order valence-corrected chi connectivity index (χ3v) is 3.65. The molecule has 2 fully saturated rings. The van der Waals surface area contributed by atoms with E-state index >= 15 is 0 Å². The van der Waals surface area contributed by atoms with Gasteiger partial charge in [0.05, 0.1) is 0 Å². The normalized spacial score (nSPS) is 23.9. The zero-order valence-corrected chi connectivity index (χ0v) is 8.26. The van der Waals surface area contributed by atoms with Gasteiger partial charge in [0.1, 0.15) is 5.69 Å². The third-order valence-electron chi connectivity index (χ3n) is 3.65. The first-order valence-corrected chi connectivity index (χ1v) is 5.13. The molecule has 0 aliphatic heterocycles. The molecule has 1 aromatic rings. The second kappa shape index (κ2) is 2.30. The Morgan fingerprint density at radius 2 is 2.14 bits per heavy atom. The van der Waals surface area contributed by atoms with Crippen molar-refractivity contribution in [2.45, 2.75) is 31.1 Å². The fourth-order valence-electron chi connectivity index (χ4n) is 2.44. The number of nitrogens with two attached hydrogens (primary N) is 1. The smallest absolute Gasteiger partial charge is 0.188 e. The van der Waals surface area contributed by atoms with Crippen LogP contribution >= 0.6 is 0 Å². The van der Waals surface area contributed by atoms with Crippen LogP contribution in [0.4, 0.5) is 10.2 Å². The first kappa shape index (κ1) is 8.26. The number of hydrogen-bond acceptors (Lipinski definition) is 2. The Morgan fingerprint density at radius 3 is 2.50 bits per heavy atom. The van der Waals surface area contributed by atoms with Crippen LogP contribution in [0.3, 0.4) is 0 Å². The van der Waals surface area contributed by atoms with Gasteiger partial charge in [-0.3, -0.25) is 4.68 Å². The third kappa shape index (κ3) is 0.885. The number of nitrogens with zero attached hydrogens (tertiary/aromatic N) is 2. The summed E-state index contributed by atoms with van der Waals surface area (Å²) in [5, 5.41) is 4.22. The number of anilines is 1. The highest BCUT2D eigenvalue weighted by molar-refractivity contribution is 5.40. The minimum Gasteiger partial charge on any atom is -0.381 e. The maximum atomic E-state index is 13.7. The van der Waals surface area contributed by atoms with E-state index in [1.807, 2.05) is 0 Å². The van der Waals surface area contributed by atoms with E-state index in [2.05, 4.69) is 5.10 Å². The van der Waals surface area contributed by atoms with Gasteiger partial charge < -0.3 is 5.73 Å². The lowest BCUT2D eigenvalue weighted by molar-refractivity contribution is 0.520. The van der Waals surface area contributed by atoms with E-state index in [1.54, 1.807) is 7.05 Å². The zero-order valence-electron chi connectivity index (χ0n) is 8.26. The quantitative estimate of drug-likeness (QED) is 0.778. The van der Waals surface area contributed by atoms with Crippen LogP contribution in [0, 0.1) is 11.7 Å².